The first-order valence-electron chi connectivity index (χ1n) is 7.05. The van der Waals surface area contributed by atoms with Crippen molar-refractivity contribution in [1.82, 2.24) is 5.32 Å². The predicted molar refractivity (Wildman–Crippen MR) is 68.0 cm³/mol. The van der Waals surface area contributed by atoms with Crippen molar-refractivity contribution >= 4 is 5.78 Å². The van der Waals surface area contributed by atoms with E-state index in [-0.39, 0.29) is 17.4 Å². The predicted octanol–water partition coefficient (Wildman–Crippen LogP) is 2.15. The molecular formula is C14H25NO2. The number of carbonyl (C=O) groups excluding carboxylic acids is 1. The highest BCUT2D eigenvalue weighted by Gasteiger charge is 2.44. The van der Waals surface area contributed by atoms with E-state index in [1.807, 2.05) is 6.92 Å². The van der Waals surface area contributed by atoms with Crippen molar-refractivity contribution in [3.8, 4) is 0 Å². The van der Waals surface area contributed by atoms with Gasteiger partial charge in [0.2, 0.25) is 0 Å². The fourth-order valence-electron chi connectivity index (χ4n) is 3.05. The molecule has 2 aliphatic rings. The van der Waals surface area contributed by atoms with Crippen LogP contribution < -0.4 is 5.32 Å². The first-order chi connectivity index (χ1) is 8.17. The van der Waals surface area contributed by atoms with Gasteiger partial charge >= 0.3 is 0 Å². The van der Waals surface area contributed by atoms with Gasteiger partial charge in [-0.05, 0) is 38.6 Å². The molecule has 0 radical (unpaired) electrons. The topological polar surface area (TPSA) is 38.3 Å². The van der Waals surface area contributed by atoms with Crippen molar-refractivity contribution in [3.63, 3.8) is 0 Å². The van der Waals surface area contributed by atoms with E-state index in [1.54, 1.807) is 0 Å². The third-order valence-electron chi connectivity index (χ3n) is 4.35. The number of carbonyl (C=O) groups is 1. The smallest absolute Gasteiger partial charge is 0.140 e. The third kappa shape index (κ3) is 2.89. The van der Waals surface area contributed by atoms with Gasteiger partial charge in [0.1, 0.15) is 5.78 Å². The zero-order chi connectivity index (χ0) is 12.3. The first kappa shape index (κ1) is 13.0. The van der Waals surface area contributed by atoms with Crippen LogP contribution in [-0.4, -0.2) is 31.1 Å². The SMILES string of the molecule is CCNCC(C)C(=O)C1CCOC2(CCC2)C1. The second kappa shape index (κ2) is 5.49. The quantitative estimate of drug-likeness (QED) is 0.799. The van der Waals surface area contributed by atoms with Gasteiger partial charge in [-0.2, -0.15) is 0 Å². The molecule has 0 aromatic rings. The van der Waals surface area contributed by atoms with Gasteiger partial charge in [0.05, 0.1) is 5.60 Å². The van der Waals surface area contributed by atoms with Crippen LogP contribution in [0.25, 0.3) is 0 Å². The zero-order valence-electron chi connectivity index (χ0n) is 11.1. The molecule has 2 rings (SSSR count). The molecule has 0 bridgehead atoms. The van der Waals surface area contributed by atoms with E-state index in [4.69, 9.17) is 4.74 Å². The monoisotopic (exact) mass is 239 g/mol. The summed E-state index contributed by atoms with van der Waals surface area (Å²) in [4.78, 5) is 12.3. The van der Waals surface area contributed by atoms with Gasteiger partial charge in [-0.25, -0.2) is 0 Å². The third-order valence-corrected chi connectivity index (χ3v) is 4.35. The lowest BCUT2D eigenvalue weighted by molar-refractivity contribution is -0.157. The summed E-state index contributed by atoms with van der Waals surface area (Å²) in [6.07, 6.45) is 5.50. The molecule has 1 spiro atoms. The molecule has 1 heterocycles. The van der Waals surface area contributed by atoms with Gasteiger partial charge in [-0.3, -0.25) is 4.79 Å². The molecule has 17 heavy (non-hydrogen) atoms. The lowest BCUT2D eigenvalue weighted by Gasteiger charge is -2.47. The van der Waals surface area contributed by atoms with Crippen LogP contribution in [0.15, 0.2) is 0 Å². The highest BCUT2D eigenvalue weighted by Crippen LogP contribution is 2.44. The molecule has 3 nitrogen and oxygen atoms in total. The van der Waals surface area contributed by atoms with E-state index >= 15 is 0 Å². The molecule has 1 aliphatic carbocycles. The summed E-state index contributed by atoms with van der Waals surface area (Å²) in [6, 6.07) is 0. The normalized spacial score (nSPS) is 28.7. The maximum absolute atomic E-state index is 12.3. The fraction of sp³-hybridized carbons (Fsp3) is 0.929. The van der Waals surface area contributed by atoms with Crippen molar-refractivity contribution in [2.24, 2.45) is 11.8 Å². The van der Waals surface area contributed by atoms with Crippen LogP contribution in [0.3, 0.4) is 0 Å². The Hall–Kier alpha value is -0.410. The van der Waals surface area contributed by atoms with Gasteiger partial charge in [-0.1, -0.05) is 13.8 Å². The Bertz CT molecular complexity index is 273. The van der Waals surface area contributed by atoms with Crippen molar-refractivity contribution in [2.45, 2.75) is 51.6 Å². The molecule has 2 unspecified atom stereocenters. The standard InChI is InChI=1S/C14H25NO2/c1-3-15-10-11(2)13(16)12-5-8-17-14(9-12)6-4-7-14/h11-12,15H,3-10H2,1-2H3. The molecule has 2 atom stereocenters. The maximum Gasteiger partial charge on any atom is 0.140 e. The lowest BCUT2D eigenvalue weighted by Crippen LogP contribution is -2.48. The summed E-state index contributed by atoms with van der Waals surface area (Å²) in [7, 11) is 0. The minimum atomic E-state index is 0.0937. The Balaban J connectivity index is 1.86. The summed E-state index contributed by atoms with van der Waals surface area (Å²) in [6.45, 7) is 6.67. The summed E-state index contributed by atoms with van der Waals surface area (Å²) in [5.41, 5.74) is 0.0937. The second-order valence-electron chi connectivity index (χ2n) is 5.69. The summed E-state index contributed by atoms with van der Waals surface area (Å²) in [5.74, 6) is 0.841. The highest BCUT2D eigenvalue weighted by molar-refractivity contribution is 5.83. The molecule has 1 saturated carbocycles. The number of hydrogen-bond donors (Lipinski definition) is 1. The largest absolute Gasteiger partial charge is 0.375 e. The van der Waals surface area contributed by atoms with Gasteiger partial charge in [0, 0.05) is 25.0 Å². The number of hydrogen-bond acceptors (Lipinski definition) is 3. The Kier molecular flexibility index (Phi) is 4.21. The molecule has 1 aliphatic heterocycles. The van der Waals surface area contributed by atoms with Crippen molar-refractivity contribution in [3.05, 3.63) is 0 Å². The van der Waals surface area contributed by atoms with E-state index in [9.17, 15) is 4.79 Å². The van der Waals surface area contributed by atoms with Gasteiger partial charge in [0.15, 0.2) is 0 Å². The van der Waals surface area contributed by atoms with Crippen LogP contribution in [0.4, 0.5) is 0 Å². The molecule has 98 valence electrons. The molecule has 3 heteroatoms. The Labute approximate surface area is 104 Å². The van der Waals surface area contributed by atoms with Gasteiger partial charge in [0.25, 0.3) is 0 Å². The number of nitrogens with one attached hydrogen (secondary N) is 1. The Morgan fingerprint density at radius 1 is 1.53 bits per heavy atom. The van der Waals surface area contributed by atoms with Gasteiger partial charge in [-0.15, -0.1) is 0 Å². The van der Waals surface area contributed by atoms with Crippen LogP contribution in [0.2, 0.25) is 0 Å². The molecule has 0 amide bonds. The summed E-state index contributed by atoms with van der Waals surface area (Å²) in [5, 5.41) is 3.26. The molecule has 0 aromatic carbocycles. The van der Waals surface area contributed by atoms with Crippen molar-refractivity contribution < 1.29 is 9.53 Å². The van der Waals surface area contributed by atoms with E-state index in [2.05, 4.69) is 12.2 Å². The van der Waals surface area contributed by atoms with E-state index in [1.165, 1.54) is 19.3 Å². The van der Waals surface area contributed by atoms with E-state index in [0.29, 0.717) is 5.78 Å². The minimum absolute atomic E-state index is 0.0937. The first-order valence-corrected chi connectivity index (χ1v) is 7.05. The van der Waals surface area contributed by atoms with E-state index < -0.39 is 0 Å². The molecule has 2 fully saturated rings. The molecule has 1 N–H and O–H groups in total. The number of rotatable bonds is 5. The van der Waals surface area contributed by atoms with Crippen LogP contribution in [0, 0.1) is 11.8 Å². The minimum Gasteiger partial charge on any atom is -0.375 e. The summed E-state index contributed by atoms with van der Waals surface area (Å²) >= 11 is 0. The molecule has 0 aromatic heterocycles. The van der Waals surface area contributed by atoms with Crippen molar-refractivity contribution in [1.29, 1.82) is 0 Å². The number of Topliss-reactive ketones (excluding diaryl/α,β-unsaturated/α-hetero) is 1. The van der Waals surface area contributed by atoms with Crippen LogP contribution in [-0.2, 0) is 9.53 Å². The highest BCUT2D eigenvalue weighted by atomic mass is 16.5. The number of ether oxygens (including phenoxy) is 1. The van der Waals surface area contributed by atoms with Crippen LogP contribution in [0.1, 0.15) is 46.0 Å². The maximum atomic E-state index is 12.3. The summed E-state index contributed by atoms with van der Waals surface area (Å²) < 4.78 is 5.87. The molecule has 1 saturated heterocycles. The van der Waals surface area contributed by atoms with E-state index in [0.717, 1.165) is 32.5 Å². The zero-order valence-corrected chi connectivity index (χ0v) is 11.1. The Morgan fingerprint density at radius 2 is 2.29 bits per heavy atom. The van der Waals surface area contributed by atoms with Crippen LogP contribution in [0.5, 0.6) is 0 Å². The van der Waals surface area contributed by atoms with Crippen LogP contribution >= 0.6 is 0 Å². The van der Waals surface area contributed by atoms with Crippen molar-refractivity contribution in [2.75, 3.05) is 19.7 Å². The number of ketones is 1. The second-order valence-corrected chi connectivity index (χ2v) is 5.69. The average Bonchev–Trinajstić information content (AvgIpc) is 2.33. The van der Waals surface area contributed by atoms with Gasteiger partial charge < -0.3 is 10.1 Å². The molecular weight excluding hydrogens is 214 g/mol. The Morgan fingerprint density at radius 3 is 2.88 bits per heavy atom. The lowest BCUT2D eigenvalue weighted by atomic mass is 9.70. The fourth-order valence-corrected chi connectivity index (χ4v) is 3.05. The average molecular weight is 239 g/mol.